The number of carboxylic acid groups (broad SMARTS) is 1. The number of aryl methyl sites for hydroxylation is 1. The summed E-state index contributed by atoms with van der Waals surface area (Å²) in [5, 5.41) is 20.2. The molecular formula is C13H16N2O4. The summed E-state index contributed by atoms with van der Waals surface area (Å²) in [4.78, 5) is 23.6. The lowest BCUT2D eigenvalue weighted by Crippen LogP contribution is -2.23. The van der Waals surface area contributed by atoms with Crippen LogP contribution in [0.4, 0.5) is 11.4 Å². The van der Waals surface area contributed by atoms with Gasteiger partial charge in [0, 0.05) is 19.2 Å². The number of anilines is 1. The molecule has 0 aromatic heterocycles. The molecule has 6 nitrogen and oxygen atoms in total. The average Bonchev–Trinajstić information content (AvgIpc) is 2.71. The van der Waals surface area contributed by atoms with Crippen molar-refractivity contribution in [2.24, 2.45) is 11.8 Å². The van der Waals surface area contributed by atoms with E-state index in [-0.39, 0.29) is 11.6 Å². The zero-order chi connectivity index (χ0) is 14.2. The highest BCUT2D eigenvalue weighted by molar-refractivity contribution is 5.74. The molecule has 1 heterocycles. The van der Waals surface area contributed by atoms with Gasteiger partial charge in [-0.1, -0.05) is 13.0 Å². The van der Waals surface area contributed by atoms with Gasteiger partial charge in [-0.05, 0) is 24.5 Å². The summed E-state index contributed by atoms with van der Waals surface area (Å²) in [6, 6.07) is 5.03. The largest absolute Gasteiger partial charge is 0.481 e. The number of aliphatic carboxylic acids is 1. The third-order valence-corrected chi connectivity index (χ3v) is 3.60. The quantitative estimate of drug-likeness (QED) is 0.667. The topological polar surface area (TPSA) is 83.7 Å². The van der Waals surface area contributed by atoms with Crippen LogP contribution in [0.2, 0.25) is 0 Å². The normalized spacial score (nSPS) is 22.5. The van der Waals surface area contributed by atoms with Crippen molar-refractivity contribution >= 4 is 17.3 Å². The van der Waals surface area contributed by atoms with Crippen LogP contribution in [0.25, 0.3) is 0 Å². The van der Waals surface area contributed by atoms with Gasteiger partial charge in [-0.15, -0.1) is 0 Å². The van der Waals surface area contributed by atoms with Crippen LogP contribution >= 0.6 is 0 Å². The third kappa shape index (κ3) is 2.52. The van der Waals surface area contributed by atoms with Crippen molar-refractivity contribution in [1.82, 2.24) is 0 Å². The molecular weight excluding hydrogens is 248 g/mol. The predicted molar refractivity (Wildman–Crippen MR) is 70.3 cm³/mol. The molecule has 102 valence electrons. The first-order chi connectivity index (χ1) is 8.90. The molecule has 0 amide bonds. The average molecular weight is 264 g/mol. The SMILES string of the molecule is Cc1ccc(N2CC(C)C(C(=O)O)C2)c([N+](=O)[O-])c1. The van der Waals surface area contributed by atoms with Gasteiger partial charge >= 0.3 is 5.97 Å². The number of benzene rings is 1. The number of nitro benzene ring substituents is 1. The third-order valence-electron chi connectivity index (χ3n) is 3.60. The Morgan fingerprint density at radius 1 is 1.47 bits per heavy atom. The molecule has 0 radical (unpaired) electrons. The first kappa shape index (κ1) is 13.3. The molecule has 2 unspecified atom stereocenters. The lowest BCUT2D eigenvalue weighted by molar-refractivity contribution is -0.384. The number of nitro groups is 1. The zero-order valence-electron chi connectivity index (χ0n) is 10.9. The van der Waals surface area contributed by atoms with E-state index in [9.17, 15) is 14.9 Å². The van der Waals surface area contributed by atoms with Crippen molar-refractivity contribution in [2.45, 2.75) is 13.8 Å². The summed E-state index contributed by atoms with van der Waals surface area (Å²) in [6.45, 7) is 4.50. The Labute approximate surface area is 110 Å². The lowest BCUT2D eigenvalue weighted by Gasteiger charge is -2.18. The van der Waals surface area contributed by atoms with Crippen LogP contribution in [0.5, 0.6) is 0 Å². The molecule has 1 aliphatic rings. The van der Waals surface area contributed by atoms with Gasteiger partial charge in [0.15, 0.2) is 0 Å². The minimum absolute atomic E-state index is 0.0154. The Morgan fingerprint density at radius 2 is 2.16 bits per heavy atom. The Bertz CT molecular complexity index is 529. The fourth-order valence-corrected chi connectivity index (χ4v) is 2.53. The first-order valence-electron chi connectivity index (χ1n) is 6.13. The molecule has 6 heteroatoms. The molecule has 1 N–H and O–H groups in total. The minimum atomic E-state index is -0.843. The fraction of sp³-hybridized carbons (Fsp3) is 0.462. The molecule has 2 rings (SSSR count). The van der Waals surface area contributed by atoms with Gasteiger partial charge in [-0.25, -0.2) is 0 Å². The smallest absolute Gasteiger partial charge is 0.308 e. The summed E-state index contributed by atoms with van der Waals surface area (Å²) in [5.74, 6) is -1.33. The molecule has 19 heavy (non-hydrogen) atoms. The summed E-state index contributed by atoms with van der Waals surface area (Å²) in [5.41, 5.74) is 1.36. The highest BCUT2D eigenvalue weighted by Crippen LogP contribution is 2.34. The van der Waals surface area contributed by atoms with Crippen molar-refractivity contribution in [3.8, 4) is 0 Å². The van der Waals surface area contributed by atoms with Crippen molar-refractivity contribution in [1.29, 1.82) is 0 Å². The molecule has 0 bridgehead atoms. The van der Waals surface area contributed by atoms with Crippen LogP contribution in [0, 0.1) is 28.9 Å². The molecule has 0 saturated carbocycles. The number of hydrogen-bond donors (Lipinski definition) is 1. The fourth-order valence-electron chi connectivity index (χ4n) is 2.53. The molecule has 1 aromatic rings. The van der Waals surface area contributed by atoms with Crippen molar-refractivity contribution in [3.05, 3.63) is 33.9 Å². The van der Waals surface area contributed by atoms with Gasteiger partial charge in [-0.3, -0.25) is 14.9 Å². The second-order valence-corrected chi connectivity index (χ2v) is 5.08. The molecule has 0 aliphatic carbocycles. The zero-order valence-corrected chi connectivity index (χ0v) is 10.9. The van der Waals surface area contributed by atoms with Gasteiger partial charge in [0.25, 0.3) is 5.69 Å². The maximum absolute atomic E-state index is 11.1. The van der Waals surface area contributed by atoms with Gasteiger partial charge in [-0.2, -0.15) is 0 Å². The van der Waals surface area contributed by atoms with Crippen LogP contribution in [0.3, 0.4) is 0 Å². The second kappa shape index (κ2) is 4.87. The van der Waals surface area contributed by atoms with Crippen LogP contribution in [0.1, 0.15) is 12.5 Å². The minimum Gasteiger partial charge on any atom is -0.481 e. The van der Waals surface area contributed by atoms with Gasteiger partial charge in [0.2, 0.25) is 0 Å². The van der Waals surface area contributed by atoms with Crippen LogP contribution in [-0.4, -0.2) is 29.1 Å². The summed E-state index contributed by atoms with van der Waals surface area (Å²) in [6.07, 6.45) is 0. The van der Waals surface area contributed by atoms with E-state index in [0.717, 1.165) is 5.56 Å². The summed E-state index contributed by atoms with van der Waals surface area (Å²) in [7, 11) is 0. The second-order valence-electron chi connectivity index (χ2n) is 5.08. The maximum Gasteiger partial charge on any atom is 0.308 e. The number of carbonyl (C=O) groups is 1. The Hall–Kier alpha value is -2.11. The van der Waals surface area contributed by atoms with Crippen molar-refractivity contribution < 1.29 is 14.8 Å². The van der Waals surface area contributed by atoms with Crippen molar-refractivity contribution in [2.75, 3.05) is 18.0 Å². The molecule has 2 atom stereocenters. The van der Waals surface area contributed by atoms with Gasteiger partial charge < -0.3 is 10.0 Å². The summed E-state index contributed by atoms with van der Waals surface area (Å²) < 4.78 is 0. The standard InChI is InChI=1S/C13H16N2O4/c1-8-3-4-11(12(5-8)15(18)19)14-6-9(2)10(7-14)13(16)17/h3-5,9-10H,6-7H2,1-2H3,(H,16,17). The van der Waals surface area contributed by atoms with E-state index in [1.54, 1.807) is 24.0 Å². The Morgan fingerprint density at radius 3 is 2.68 bits per heavy atom. The Kier molecular flexibility index (Phi) is 3.42. The number of carboxylic acids is 1. The number of rotatable bonds is 3. The maximum atomic E-state index is 11.1. The molecule has 1 aromatic carbocycles. The van der Waals surface area contributed by atoms with E-state index in [1.165, 1.54) is 6.07 Å². The highest BCUT2D eigenvalue weighted by atomic mass is 16.6. The van der Waals surface area contributed by atoms with E-state index >= 15 is 0 Å². The number of hydrogen-bond acceptors (Lipinski definition) is 4. The monoisotopic (exact) mass is 264 g/mol. The van der Waals surface area contributed by atoms with Crippen LogP contribution in [-0.2, 0) is 4.79 Å². The van der Waals surface area contributed by atoms with E-state index in [2.05, 4.69) is 0 Å². The number of nitrogens with zero attached hydrogens (tertiary/aromatic N) is 2. The molecule has 0 spiro atoms. The highest BCUT2D eigenvalue weighted by Gasteiger charge is 2.36. The van der Waals surface area contributed by atoms with Gasteiger partial charge in [0.05, 0.1) is 10.8 Å². The van der Waals surface area contributed by atoms with E-state index in [0.29, 0.717) is 18.8 Å². The van der Waals surface area contributed by atoms with E-state index in [4.69, 9.17) is 5.11 Å². The van der Waals surface area contributed by atoms with Crippen LogP contribution in [0.15, 0.2) is 18.2 Å². The first-order valence-corrected chi connectivity index (χ1v) is 6.13. The Balaban J connectivity index is 2.33. The van der Waals surface area contributed by atoms with Gasteiger partial charge in [0.1, 0.15) is 5.69 Å². The molecule has 1 saturated heterocycles. The molecule has 1 aliphatic heterocycles. The predicted octanol–water partition coefficient (Wildman–Crippen LogP) is 2.06. The molecule has 1 fully saturated rings. The van der Waals surface area contributed by atoms with Crippen LogP contribution < -0.4 is 4.90 Å². The summed E-state index contributed by atoms with van der Waals surface area (Å²) >= 11 is 0. The van der Waals surface area contributed by atoms with E-state index < -0.39 is 16.8 Å². The van der Waals surface area contributed by atoms with E-state index in [1.807, 2.05) is 6.92 Å². The van der Waals surface area contributed by atoms with Crippen molar-refractivity contribution in [3.63, 3.8) is 0 Å². The lowest BCUT2D eigenvalue weighted by atomic mass is 9.99.